The van der Waals surface area contributed by atoms with Gasteiger partial charge in [0, 0.05) is 5.75 Å². The van der Waals surface area contributed by atoms with Crippen LogP contribution in [0.1, 0.15) is 12.0 Å². The normalized spacial score (nSPS) is 20.3. The van der Waals surface area contributed by atoms with Crippen molar-refractivity contribution in [3.05, 3.63) is 35.9 Å². The first-order valence-corrected chi connectivity index (χ1v) is 5.83. The molecular formula is C11H15BrN2S. The second-order valence-corrected chi connectivity index (χ2v) is 4.56. The molecule has 1 unspecified atom stereocenters. The average molecular weight is 287 g/mol. The van der Waals surface area contributed by atoms with Crippen molar-refractivity contribution in [1.82, 2.24) is 0 Å². The van der Waals surface area contributed by atoms with Gasteiger partial charge >= 0.3 is 0 Å². The van der Waals surface area contributed by atoms with Crippen LogP contribution in [0.3, 0.4) is 0 Å². The summed E-state index contributed by atoms with van der Waals surface area (Å²) >= 11 is 1.66. The van der Waals surface area contributed by atoms with Gasteiger partial charge in [-0.15, -0.1) is 17.0 Å². The Kier molecular flexibility index (Phi) is 5.19. The minimum absolute atomic E-state index is 0. The van der Waals surface area contributed by atoms with Gasteiger partial charge in [-0.25, -0.2) is 0 Å². The molecule has 1 aliphatic heterocycles. The Hall–Kier alpha value is -0.480. The van der Waals surface area contributed by atoms with E-state index in [9.17, 15) is 0 Å². The Balaban J connectivity index is 0.00000112. The largest absolute Gasteiger partial charge is 0.379 e. The van der Waals surface area contributed by atoms with Crippen molar-refractivity contribution in [3.8, 4) is 0 Å². The van der Waals surface area contributed by atoms with Crippen LogP contribution in [-0.2, 0) is 6.42 Å². The maximum absolute atomic E-state index is 5.69. The predicted molar refractivity (Wildman–Crippen MR) is 73.0 cm³/mol. The van der Waals surface area contributed by atoms with E-state index in [1.54, 1.807) is 11.8 Å². The van der Waals surface area contributed by atoms with E-state index in [2.05, 4.69) is 29.3 Å². The monoisotopic (exact) mass is 286 g/mol. The van der Waals surface area contributed by atoms with Gasteiger partial charge in [-0.1, -0.05) is 42.1 Å². The Bertz CT molecular complexity index is 327. The molecule has 0 radical (unpaired) electrons. The van der Waals surface area contributed by atoms with Crippen LogP contribution in [0.25, 0.3) is 0 Å². The van der Waals surface area contributed by atoms with Crippen molar-refractivity contribution >= 4 is 33.9 Å². The van der Waals surface area contributed by atoms with Crippen LogP contribution in [0.4, 0.5) is 0 Å². The van der Waals surface area contributed by atoms with Gasteiger partial charge in [0.05, 0.1) is 6.04 Å². The van der Waals surface area contributed by atoms with Crippen molar-refractivity contribution in [2.24, 2.45) is 10.7 Å². The van der Waals surface area contributed by atoms with Gasteiger partial charge in [0.25, 0.3) is 0 Å². The van der Waals surface area contributed by atoms with Gasteiger partial charge in [-0.3, -0.25) is 4.99 Å². The van der Waals surface area contributed by atoms with Crippen molar-refractivity contribution in [1.29, 1.82) is 0 Å². The van der Waals surface area contributed by atoms with Crippen LogP contribution in [0.15, 0.2) is 35.3 Å². The third-order valence-electron chi connectivity index (χ3n) is 2.32. The van der Waals surface area contributed by atoms with Crippen LogP contribution in [0.5, 0.6) is 0 Å². The van der Waals surface area contributed by atoms with E-state index in [4.69, 9.17) is 5.73 Å². The molecule has 0 amide bonds. The minimum atomic E-state index is 0. The van der Waals surface area contributed by atoms with Crippen LogP contribution in [0, 0.1) is 0 Å². The summed E-state index contributed by atoms with van der Waals surface area (Å²) in [5.41, 5.74) is 7.04. The number of benzene rings is 1. The maximum Gasteiger partial charge on any atom is 0.154 e. The standard InChI is InChI=1S/C11H14N2S.BrH/c12-11-13-10(6-7-14-11)8-9-4-2-1-3-5-9;/h1-5,10H,6-8H2,(H2,12,13);1H. The first-order chi connectivity index (χ1) is 6.84. The summed E-state index contributed by atoms with van der Waals surface area (Å²) in [5.74, 6) is 1.10. The molecule has 0 fully saturated rings. The summed E-state index contributed by atoms with van der Waals surface area (Å²) in [4.78, 5) is 4.43. The van der Waals surface area contributed by atoms with Crippen molar-refractivity contribution in [3.63, 3.8) is 0 Å². The lowest BCUT2D eigenvalue weighted by molar-refractivity contribution is 0.651. The summed E-state index contributed by atoms with van der Waals surface area (Å²) < 4.78 is 0. The first kappa shape index (κ1) is 12.6. The molecular weight excluding hydrogens is 272 g/mol. The number of thioether (sulfide) groups is 1. The van der Waals surface area contributed by atoms with E-state index in [0.717, 1.165) is 23.8 Å². The van der Waals surface area contributed by atoms with E-state index in [0.29, 0.717) is 6.04 Å². The first-order valence-electron chi connectivity index (χ1n) is 4.84. The fourth-order valence-electron chi connectivity index (χ4n) is 1.62. The fourth-order valence-corrected chi connectivity index (χ4v) is 2.44. The zero-order chi connectivity index (χ0) is 9.80. The van der Waals surface area contributed by atoms with Crippen LogP contribution in [-0.4, -0.2) is 17.0 Å². The van der Waals surface area contributed by atoms with Crippen molar-refractivity contribution in [2.75, 3.05) is 5.75 Å². The molecule has 0 bridgehead atoms. The third kappa shape index (κ3) is 3.87. The van der Waals surface area contributed by atoms with Crippen molar-refractivity contribution in [2.45, 2.75) is 18.9 Å². The Morgan fingerprint density at radius 2 is 2.07 bits per heavy atom. The lowest BCUT2D eigenvalue weighted by atomic mass is 10.0. The van der Waals surface area contributed by atoms with Gasteiger partial charge in [0.15, 0.2) is 5.17 Å². The number of hydrogen-bond acceptors (Lipinski definition) is 3. The fraction of sp³-hybridized carbons (Fsp3) is 0.364. The number of rotatable bonds is 2. The molecule has 2 N–H and O–H groups in total. The highest BCUT2D eigenvalue weighted by Crippen LogP contribution is 2.18. The SMILES string of the molecule is Br.NC1=NC(Cc2ccccc2)CCS1. The van der Waals surface area contributed by atoms with Crippen LogP contribution >= 0.6 is 28.7 Å². The molecule has 0 aliphatic carbocycles. The number of nitrogens with two attached hydrogens (primary N) is 1. The lowest BCUT2D eigenvalue weighted by Gasteiger charge is -2.17. The van der Waals surface area contributed by atoms with Gasteiger partial charge in [0.2, 0.25) is 0 Å². The summed E-state index contributed by atoms with van der Waals surface area (Å²) in [6, 6.07) is 10.9. The van der Waals surface area contributed by atoms with E-state index in [1.165, 1.54) is 5.56 Å². The third-order valence-corrected chi connectivity index (χ3v) is 3.17. The van der Waals surface area contributed by atoms with Crippen LogP contribution < -0.4 is 5.73 Å². The number of amidine groups is 1. The highest BCUT2D eigenvalue weighted by atomic mass is 79.9. The smallest absolute Gasteiger partial charge is 0.154 e. The summed E-state index contributed by atoms with van der Waals surface area (Å²) in [6.07, 6.45) is 2.16. The van der Waals surface area contributed by atoms with Crippen LogP contribution in [0.2, 0.25) is 0 Å². The molecule has 15 heavy (non-hydrogen) atoms. The predicted octanol–water partition coefficient (Wildman–Crippen LogP) is 2.63. The second kappa shape index (κ2) is 6.18. The van der Waals surface area contributed by atoms with E-state index >= 15 is 0 Å². The lowest BCUT2D eigenvalue weighted by Crippen LogP contribution is -2.21. The number of nitrogens with zero attached hydrogens (tertiary/aromatic N) is 1. The Morgan fingerprint density at radius 3 is 2.73 bits per heavy atom. The zero-order valence-corrected chi connectivity index (χ0v) is 11.0. The molecule has 2 nitrogen and oxygen atoms in total. The minimum Gasteiger partial charge on any atom is -0.379 e. The average Bonchev–Trinajstić information content (AvgIpc) is 2.19. The molecule has 4 heteroatoms. The van der Waals surface area contributed by atoms with Gasteiger partial charge < -0.3 is 5.73 Å². The summed E-state index contributed by atoms with van der Waals surface area (Å²) in [6.45, 7) is 0. The summed E-state index contributed by atoms with van der Waals surface area (Å²) in [7, 11) is 0. The molecule has 82 valence electrons. The second-order valence-electron chi connectivity index (χ2n) is 3.45. The molecule has 0 saturated carbocycles. The van der Waals surface area contributed by atoms with Crippen molar-refractivity contribution < 1.29 is 0 Å². The molecule has 2 rings (SSSR count). The molecule has 1 aliphatic rings. The molecule has 0 spiro atoms. The summed E-state index contributed by atoms with van der Waals surface area (Å²) in [5, 5.41) is 0.747. The number of aliphatic imine (C=N–C) groups is 1. The molecule has 1 aromatic rings. The van der Waals surface area contributed by atoms with Gasteiger partial charge in [-0.05, 0) is 18.4 Å². The topological polar surface area (TPSA) is 38.4 Å². The van der Waals surface area contributed by atoms with E-state index in [-0.39, 0.29) is 17.0 Å². The Labute approximate surface area is 105 Å². The van der Waals surface area contributed by atoms with Gasteiger partial charge in [-0.2, -0.15) is 0 Å². The number of halogens is 1. The molecule has 0 saturated heterocycles. The van der Waals surface area contributed by atoms with E-state index < -0.39 is 0 Å². The zero-order valence-electron chi connectivity index (χ0n) is 8.43. The molecule has 0 aromatic heterocycles. The highest BCUT2D eigenvalue weighted by Gasteiger charge is 2.13. The molecule has 1 aromatic carbocycles. The molecule has 1 heterocycles. The van der Waals surface area contributed by atoms with Gasteiger partial charge in [0.1, 0.15) is 0 Å². The van der Waals surface area contributed by atoms with E-state index in [1.807, 2.05) is 6.07 Å². The Morgan fingerprint density at radius 1 is 1.33 bits per heavy atom. The molecule has 1 atom stereocenters. The quantitative estimate of drug-likeness (QED) is 0.908. The highest BCUT2D eigenvalue weighted by molar-refractivity contribution is 8.93. The number of hydrogen-bond donors (Lipinski definition) is 1. The maximum atomic E-state index is 5.69.